The predicted molar refractivity (Wildman–Crippen MR) is 74.6 cm³/mol. The summed E-state index contributed by atoms with van der Waals surface area (Å²) in [4.78, 5) is 8.12. The van der Waals surface area contributed by atoms with Crippen LogP contribution in [0.15, 0.2) is 53.2 Å². The van der Waals surface area contributed by atoms with Gasteiger partial charge in [-0.25, -0.2) is 9.37 Å². The molecule has 0 bridgehead atoms. The molecule has 0 aliphatic rings. The third-order valence-electron chi connectivity index (χ3n) is 3.01. The number of pyridine rings is 1. The Balaban J connectivity index is 1.76. The average molecular weight is 284 g/mol. The minimum Gasteiger partial charge on any atom is -0.337 e. The van der Waals surface area contributed by atoms with Crippen molar-refractivity contribution in [3.63, 3.8) is 0 Å². The molecule has 0 fully saturated rings. The zero-order valence-electron chi connectivity index (χ0n) is 11.1. The Labute approximate surface area is 120 Å². The van der Waals surface area contributed by atoms with Crippen LogP contribution in [-0.2, 0) is 6.42 Å². The standard InChI is InChI=1S/C15H13FN4O/c16-11-6-7-13(18-9-11)14-19-15(21-20-14)12(17)8-10-4-2-1-3-5-10/h1-7,9,12H,8,17H2/t12-/m0/s1. The van der Waals surface area contributed by atoms with Crippen molar-refractivity contribution in [1.82, 2.24) is 15.1 Å². The summed E-state index contributed by atoms with van der Waals surface area (Å²) in [7, 11) is 0. The molecule has 0 radical (unpaired) electrons. The fraction of sp³-hybridized carbons (Fsp3) is 0.133. The highest BCUT2D eigenvalue weighted by molar-refractivity contribution is 5.47. The average Bonchev–Trinajstić information content (AvgIpc) is 2.99. The molecule has 21 heavy (non-hydrogen) atoms. The van der Waals surface area contributed by atoms with Crippen molar-refractivity contribution < 1.29 is 8.91 Å². The summed E-state index contributed by atoms with van der Waals surface area (Å²) >= 11 is 0. The van der Waals surface area contributed by atoms with Gasteiger partial charge in [0.05, 0.1) is 12.2 Å². The van der Waals surface area contributed by atoms with Gasteiger partial charge in [-0.05, 0) is 24.1 Å². The number of hydrogen-bond donors (Lipinski definition) is 1. The third-order valence-corrected chi connectivity index (χ3v) is 3.01. The second-order valence-corrected chi connectivity index (χ2v) is 4.61. The molecule has 1 atom stereocenters. The Morgan fingerprint density at radius 3 is 2.67 bits per heavy atom. The summed E-state index contributed by atoms with van der Waals surface area (Å²) in [5.41, 5.74) is 7.60. The minimum absolute atomic E-state index is 0.300. The summed E-state index contributed by atoms with van der Waals surface area (Å²) in [6.45, 7) is 0. The predicted octanol–water partition coefficient (Wildman–Crippen LogP) is 2.51. The molecule has 0 aliphatic carbocycles. The van der Waals surface area contributed by atoms with E-state index in [2.05, 4.69) is 15.1 Å². The molecular formula is C15H13FN4O. The van der Waals surface area contributed by atoms with E-state index in [-0.39, 0.29) is 0 Å². The summed E-state index contributed by atoms with van der Waals surface area (Å²) < 4.78 is 18.0. The number of rotatable bonds is 4. The monoisotopic (exact) mass is 284 g/mol. The Bertz CT molecular complexity index is 712. The van der Waals surface area contributed by atoms with Gasteiger partial charge in [0.1, 0.15) is 11.5 Å². The van der Waals surface area contributed by atoms with Gasteiger partial charge in [-0.15, -0.1) is 0 Å². The minimum atomic E-state index is -0.414. The molecule has 3 aromatic rings. The number of nitrogens with two attached hydrogens (primary N) is 1. The zero-order valence-corrected chi connectivity index (χ0v) is 11.1. The molecule has 2 aromatic heterocycles. The highest BCUT2D eigenvalue weighted by Gasteiger charge is 2.16. The van der Waals surface area contributed by atoms with E-state index in [1.54, 1.807) is 0 Å². The van der Waals surface area contributed by atoms with Gasteiger partial charge in [0.15, 0.2) is 0 Å². The highest BCUT2D eigenvalue weighted by atomic mass is 19.1. The Morgan fingerprint density at radius 2 is 1.95 bits per heavy atom. The Morgan fingerprint density at radius 1 is 1.14 bits per heavy atom. The van der Waals surface area contributed by atoms with Crippen molar-refractivity contribution in [1.29, 1.82) is 0 Å². The molecule has 2 N–H and O–H groups in total. The SMILES string of the molecule is N[C@@H](Cc1ccccc1)c1nc(-c2ccc(F)cn2)no1. The van der Waals surface area contributed by atoms with E-state index >= 15 is 0 Å². The Hall–Kier alpha value is -2.60. The van der Waals surface area contributed by atoms with Gasteiger partial charge in [0.25, 0.3) is 0 Å². The van der Waals surface area contributed by atoms with E-state index in [0.717, 1.165) is 11.8 Å². The Kier molecular flexibility index (Phi) is 3.70. The van der Waals surface area contributed by atoms with Crippen LogP contribution in [0.2, 0.25) is 0 Å². The van der Waals surface area contributed by atoms with E-state index < -0.39 is 11.9 Å². The van der Waals surface area contributed by atoms with Gasteiger partial charge in [-0.3, -0.25) is 0 Å². The van der Waals surface area contributed by atoms with E-state index in [1.165, 1.54) is 12.1 Å². The van der Waals surface area contributed by atoms with Crippen LogP contribution in [0.1, 0.15) is 17.5 Å². The smallest absolute Gasteiger partial charge is 0.244 e. The molecule has 0 saturated heterocycles. The number of benzene rings is 1. The molecule has 0 spiro atoms. The van der Waals surface area contributed by atoms with Crippen molar-refractivity contribution in [2.24, 2.45) is 5.73 Å². The van der Waals surface area contributed by atoms with Gasteiger partial charge in [0.2, 0.25) is 11.7 Å². The zero-order chi connectivity index (χ0) is 14.7. The maximum absolute atomic E-state index is 12.8. The van der Waals surface area contributed by atoms with Crippen LogP contribution in [0, 0.1) is 5.82 Å². The van der Waals surface area contributed by atoms with E-state index in [1.807, 2.05) is 30.3 Å². The summed E-state index contributed by atoms with van der Waals surface area (Å²) in [5.74, 6) is 0.219. The van der Waals surface area contributed by atoms with Crippen LogP contribution in [0.3, 0.4) is 0 Å². The normalized spacial score (nSPS) is 12.3. The van der Waals surface area contributed by atoms with E-state index in [4.69, 9.17) is 10.3 Å². The van der Waals surface area contributed by atoms with Gasteiger partial charge < -0.3 is 10.3 Å². The summed E-state index contributed by atoms with van der Waals surface area (Å²) in [6, 6.07) is 12.2. The quantitative estimate of drug-likeness (QED) is 0.796. The summed E-state index contributed by atoms with van der Waals surface area (Å²) in [6.07, 6.45) is 1.70. The van der Waals surface area contributed by atoms with Crippen LogP contribution >= 0.6 is 0 Å². The van der Waals surface area contributed by atoms with Crippen molar-refractivity contribution >= 4 is 0 Å². The fourth-order valence-corrected chi connectivity index (χ4v) is 1.95. The second-order valence-electron chi connectivity index (χ2n) is 4.61. The number of aromatic nitrogens is 3. The molecule has 3 rings (SSSR count). The second kappa shape index (κ2) is 5.80. The topological polar surface area (TPSA) is 77.8 Å². The van der Waals surface area contributed by atoms with Gasteiger partial charge in [0, 0.05) is 0 Å². The number of halogens is 1. The lowest BCUT2D eigenvalue weighted by atomic mass is 10.1. The first kappa shape index (κ1) is 13.4. The first-order valence-electron chi connectivity index (χ1n) is 6.47. The highest BCUT2D eigenvalue weighted by Crippen LogP contribution is 2.18. The first-order valence-corrected chi connectivity index (χ1v) is 6.47. The summed E-state index contributed by atoms with van der Waals surface area (Å²) in [5, 5.41) is 3.83. The van der Waals surface area contributed by atoms with Crippen LogP contribution < -0.4 is 5.73 Å². The molecule has 2 heterocycles. The molecule has 0 saturated carbocycles. The van der Waals surface area contributed by atoms with E-state index in [0.29, 0.717) is 23.8 Å². The van der Waals surface area contributed by atoms with Crippen molar-refractivity contribution in [3.05, 3.63) is 65.9 Å². The lowest BCUT2D eigenvalue weighted by Crippen LogP contribution is -2.13. The molecule has 0 unspecified atom stereocenters. The number of nitrogens with zero attached hydrogens (tertiary/aromatic N) is 3. The molecule has 0 aliphatic heterocycles. The number of hydrogen-bond acceptors (Lipinski definition) is 5. The van der Waals surface area contributed by atoms with Crippen LogP contribution in [0.25, 0.3) is 11.5 Å². The maximum atomic E-state index is 12.8. The van der Waals surface area contributed by atoms with Crippen LogP contribution in [0.4, 0.5) is 4.39 Å². The molecule has 5 nitrogen and oxygen atoms in total. The molecule has 0 amide bonds. The van der Waals surface area contributed by atoms with E-state index in [9.17, 15) is 4.39 Å². The molecule has 106 valence electrons. The van der Waals surface area contributed by atoms with Crippen molar-refractivity contribution in [2.45, 2.75) is 12.5 Å². The van der Waals surface area contributed by atoms with Crippen LogP contribution in [-0.4, -0.2) is 15.1 Å². The van der Waals surface area contributed by atoms with Crippen LogP contribution in [0.5, 0.6) is 0 Å². The fourth-order valence-electron chi connectivity index (χ4n) is 1.95. The van der Waals surface area contributed by atoms with Gasteiger partial charge in [-0.1, -0.05) is 35.5 Å². The molecule has 1 aromatic carbocycles. The lowest BCUT2D eigenvalue weighted by molar-refractivity contribution is 0.354. The first-order chi connectivity index (χ1) is 10.2. The maximum Gasteiger partial charge on any atom is 0.244 e. The largest absolute Gasteiger partial charge is 0.337 e. The lowest BCUT2D eigenvalue weighted by Gasteiger charge is -2.05. The third kappa shape index (κ3) is 3.11. The van der Waals surface area contributed by atoms with Gasteiger partial charge >= 0.3 is 0 Å². The van der Waals surface area contributed by atoms with Gasteiger partial charge in [-0.2, -0.15) is 4.98 Å². The van der Waals surface area contributed by atoms with Crippen molar-refractivity contribution in [3.8, 4) is 11.5 Å². The molecular weight excluding hydrogens is 271 g/mol. The molecule has 6 heteroatoms. The van der Waals surface area contributed by atoms with Crippen molar-refractivity contribution in [2.75, 3.05) is 0 Å².